The van der Waals surface area contributed by atoms with Crippen LogP contribution in [0.4, 0.5) is 0 Å². The van der Waals surface area contributed by atoms with Crippen molar-refractivity contribution in [1.82, 2.24) is 9.80 Å². The van der Waals surface area contributed by atoms with Gasteiger partial charge >= 0.3 is 0 Å². The predicted octanol–water partition coefficient (Wildman–Crippen LogP) is 0.620. The standard InChI is InChI=1S/C12H24N2O2/c1-12(15)4-6-14-9-7-13(8-10-14)5-3-11-16-2/h3-11H2,1-2H3. The molecule has 4 heteroatoms. The Balaban J connectivity index is 2.06. The molecule has 1 aliphatic heterocycles. The van der Waals surface area contributed by atoms with Crippen LogP contribution in [-0.2, 0) is 9.53 Å². The summed E-state index contributed by atoms with van der Waals surface area (Å²) in [5, 5.41) is 0. The first-order valence-corrected chi connectivity index (χ1v) is 6.15. The summed E-state index contributed by atoms with van der Waals surface area (Å²) in [5.41, 5.74) is 0. The van der Waals surface area contributed by atoms with Crippen molar-refractivity contribution in [2.45, 2.75) is 19.8 Å². The van der Waals surface area contributed by atoms with E-state index in [2.05, 4.69) is 9.80 Å². The second-order valence-electron chi connectivity index (χ2n) is 4.48. The van der Waals surface area contributed by atoms with Gasteiger partial charge in [0.25, 0.3) is 0 Å². The zero-order valence-corrected chi connectivity index (χ0v) is 10.6. The fourth-order valence-corrected chi connectivity index (χ4v) is 1.98. The van der Waals surface area contributed by atoms with Crippen LogP contribution in [0.15, 0.2) is 0 Å². The monoisotopic (exact) mass is 228 g/mol. The van der Waals surface area contributed by atoms with Crippen molar-refractivity contribution < 1.29 is 9.53 Å². The Morgan fingerprint density at radius 3 is 2.19 bits per heavy atom. The second-order valence-corrected chi connectivity index (χ2v) is 4.48. The average Bonchev–Trinajstić information content (AvgIpc) is 2.28. The van der Waals surface area contributed by atoms with Gasteiger partial charge in [0.2, 0.25) is 0 Å². The van der Waals surface area contributed by atoms with Crippen LogP contribution in [0, 0.1) is 0 Å². The number of hydrogen-bond donors (Lipinski definition) is 0. The van der Waals surface area contributed by atoms with Crippen LogP contribution < -0.4 is 0 Å². The number of hydrogen-bond acceptors (Lipinski definition) is 4. The van der Waals surface area contributed by atoms with Gasteiger partial charge in [-0.15, -0.1) is 0 Å². The number of ether oxygens (including phenoxy) is 1. The van der Waals surface area contributed by atoms with Gasteiger partial charge in [-0.1, -0.05) is 0 Å². The molecule has 1 saturated heterocycles. The number of nitrogens with zero attached hydrogens (tertiary/aromatic N) is 2. The number of carbonyl (C=O) groups is 1. The molecule has 0 aromatic rings. The van der Waals surface area contributed by atoms with E-state index in [0.717, 1.165) is 52.3 Å². The van der Waals surface area contributed by atoms with Gasteiger partial charge in [-0.25, -0.2) is 0 Å². The first kappa shape index (κ1) is 13.6. The highest BCUT2D eigenvalue weighted by Gasteiger charge is 2.16. The van der Waals surface area contributed by atoms with Crippen LogP contribution in [0.1, 0.15) is 19.8 Å². The zero-order chi connectivity index (χ0) is 11.8. The van der Waals surface area contributed by atoms with Crippen molar-refractivity contribution in [2.75, 3.05) is 53.0 Å². The molecule has 94 valence electrons. The third-order valence-electron chi connectivity index (χ3n) is 3.07. The molecule has 0 N–H and O–H groups in total. The molecule has 0 aromatic carbocycles. The molecule has 0 bridgehead atoms. The Hall–Kier alpha value is -0.450. The third-order valence-corrected chi connectivity index (χ3v) is 3.07. The number of methoxy groups -OCH3 is 1. The van der Waals surface area contributed by atoms with Crippen molar-refractivity contribution in [3.05, 3.63) is 0 Å². The third kappa shape index (κ3) is 5.58. The zero-order valence-electron chi connectivity index (χ0n) is 10.6. The van der Waals surface area contributed by atoms with Gasteiger partial charge in [-0.2, -0.15) is 0 Å². The van der Waals surface area contributed by atoms with Crippen molar-refractivity contribution in [2.24, 2.45) is 0 Å². The lowest BCUT2D eigenvalue weighted by Gasteiger charge is -2.34. The molecule has 1 rings (SSSR count). The molecule has 1 fully saturated rings. The van der Waals surface area contributed by atoms with Crippen LogP contribution >= 0.6 is 0 Å². The number of rotatable bonds is 7. The van der Waals surface area contributed by atoms with Gasteiger partial charge in [-0.05, 0) is 13.3 Å². The molecule has 16 heavy (non-hydrogen) atoms. The Bertz CT molecular complexity index is 201. The van der Waals surface area contributed by atoms with Gasteiger partial charge in [0, 0.05) is 59.4 Å². The smallest absolute Gasteiger partial charge is 0.131 e. The summed E-state index contributed by atoms with van der Waals surface area (Å²) in [4.78, 5) is 15.7. The molecule has 0 unspecified atom stereocenters. The number of ketones is 1. The lowest BCUT2D eigenvalue weighted by atomic mass is 10.2. The molecule has 0 aliphatic carbocycles. The van der Waals surface area contributed by atoms with Gasteiger partial charge < -0.3 is 14.5 Å². The molecule has 1 aliphatic rings. The first-order chi connectivity index (χ1) is 7.72. The summed E-state index contributed by atoms with van der Waals surface area (Å²) < 4.78 is 5.04. The summed E-state index contributed by atoms with van der Waals surface area (Å²) in [6.07, 6.45) is 1.81. The summed E-state index contributed by atoms with van der Waals surface area (Å²) in [5.74, 6) is 0.294. The van der Waals surface area contributed by atoms with Crippen molar-refractivity contribution in [3.8, 4) is 0 Å². The Kier molecular flexibility index (Phi) is 6.61. The van der Waals surface area contributed by atoms with Crippen molar-refractivity contribution in [1.29, 1.82) is 0 Å². The highest BCUT2D eigenvalue weighted by atomic mass is 16.5. The van der Waals surface area contributed by atoms with E-state index >= 15 is 0 Å². The molecule has 1 heterocycles. The maximum atomic E-state index is 10.9. The second kappa shape index (κ2) is 7.76. The van der Waals surface area contributed by atoms with E-state index in [4.69, 9.17) is 4.74 Å². The molecule has 0 saturated carbocycles. The number of Topliss-reactive ketones (excluding diaryl/α,β-unsaturated/α-hetero) is 1. The van der Waals surface area contributed by atoms with Crippen LogP contribution in [0.2, 0.25) is 0 Å². The van der Waals surface area contributed by atoms with Gasteiger partial charge in [-0.3, -0.25) is 4.79 Å². The van der Waals surface area contributed by atoms with Crippen LogP contribution in [-0.4, -0.2) is 68.6 Å². The number of piperazine rings is 1. The van der Waals surface area contributed by atoms with E-state index in [1.54, 1.807) is 14.0 Å². The first-order valence-electron chi connectivity index (χ1n) is 6.15. The van der Waals surface area contributed by atoms with Crippen molar-refractivity contribution in [3.63, 3.8) is 0 Å². The van der Waals surface area contributed by atoms with E-state index in [1.165, 1.54) is 0 Å². The van der Waals surface area contributed by atoms with Gasteiger partial charge in [0.05, 0.1) is 0 Å². The van der Waals surface area contributed by atoms with E-state index in [-0.39, 0.29) is 0 Å². The Morgan fingerprint density at radius 2 is 1.69 bits per heavy atom. The van der Waals surface area contributed by atoms with Crippen LogP contribution in [0.25, 0.3) is 0 Å². The minimum absolute atomic E-state index is 0.294. The summed E-state index contributed by atoms with van der Waals surface area (Å²) in [6.45, 7) is 9.03. The van der Waals surface area contributed by atoms with Gasteiger partial charge in [0.15, 0.2) is 0 Å². The molecular weight excluding hydrogens is 204 g/mol. The van der Waals surface area contributed by atoms with E-state index in [0.29, 0.717) is 12.2 Å². The minimum atomic E-state index is 0.294. The van der Waals surface area contributed by atoms with E-state index < -0.39 is 0 Å². The predicted molar refractivity (Wildman–Crippen MR) is 64.7 cm³/mol. The van der Waals surface area contributed by atoms with Crippen LogP contribution in [0.3, 0.4) is 0 Å². The quantitative estimate of drug-likeness (QED) is 0.598. The van der Waals surface area contributed by atoms with E-state index in [9.17, 15) is 4.79 Å². The Labute approximate surface area is 98.5 Å². The minimum Gasteiger partial charge on any atom is -0.385 e. The lowest BCUT2D eigenvalue weighted by Crippen LogP contribution is -2.47. The van der Waals surface area contributed by atoms with Gasteiger partial charge in [0.1, 0.15) is 5.78 Å². The van der Waals surface area contributed by atoms with Crippen molar-refractivity contribution >= 4 is 5.78 Å². The largest absolute Gasteiger partial charge is 0.385 e. The topological polar surface area (TPSA) is 32.8 Å². The molecular formula is C12H24N2O2. The molecule has 0 spiro atoms. The highest BCUT2D eigenvalue weighted by Crippen LogP contribution is 2.03. The molecule has 0 amide bonds. The maximum absolute atomic E-state index is 10.9. The molecule has 0 atom stereocenters. The normalized spacial score (nSPS) is 18.9. The molecule has 0 radical (unpaired) electrons. The molecule has 4 nitrogen and oxygen atoms in total. The summed E-state index contributed by atoms with van der Waals surface area (Å²) in [6, 6.07) is 0. The number of carbonyl (C=O) groups excluding carboxylic acids is 1. The van der Waals surface area contributed by atoms with E-state index in [1.807, 2.05) is 0 Å². The fourth-order valence-electron chi connectivity index (χ4n) is 1.98. The summed E-state index contributed by atoms with van der Waals surface area (Å²) >= 11 is 0. The Morgan fingerprint density at radius 1 is 1.12 bits per heavy atom. The molecule has 0 aromatic heterocycles. The highest BCUT2D eigenvalue weighted by molar-refractivity contribution is 5.75. The average molecular weight is 228 g/mol. The SMILES string of the molecule is COCCCN1CCN(CCC(C)=O)CC1. The lowest BCUT2D eigenvalue weighted by molar-refractivity contribution is -0.117. The summed E-state index contributed by atoms with van der Waals surface area (Å²) in [7, 11) is 1.75. The maximum Gasteiger partial charge on any atom is 0.131 e. The van der Waals surface area contributed by atoms with Crippen LogP contribution in [0.5, 0.6) is 0 Å². The fraction of sp³-hybridized carbons (Fsp3) is 0.917.